The Kier molecular flexibility index (Phi) is 7.19. The average Bonchev–Trinajstić information content (AvgIpc) is 3.47. The monoisotopic (exact) mass is 676 g/mol. The fourth-order valence-corrected chi connectivity index (χ4v) is 8.57. The van der Waals surface area contributed by atoms with Gasteiger partial charge in [0.2, 0.25) is 0 Å². The summed E-state index contributed by atoms with van der Waals surface area (Å²) < 4.78 is 0. The van der Waals surface area contributed by atoms with E-state index in [9.17, 15) is 0 Å². The van der Waals surface area contributed by atoms with Crippen LogP contribution in [0.2, 0.25) is 0 Å². The van der Waals surface area contributed by atoms with Crippen molar-refractivity contribution in [1.82, 2.24) is 9.97 Å². The summed E-state index contributed by atoms with van der Waals surface area (Å²) in [6.45, 7) is 4.75. The van der Waals surface area contributed by atoms with Crippen LogP contribution in [0.5, 0.6) is 0 Å². The molecule has 2 heteroatoms. The Morgan fingerprint density at radius 1 is 0.377 bits per heavy atom. The zero-order valence-electron chi connectivity index (χ0n) is 29.7. The van der Waals surface area contributed by atoms with Crippen LogP contribution in [0, 0.1) is 0 Å². The number of hydrogen-bond donors (Lipinski definition) is 0. The minimum Gasteiger partial charge on any atom is -0.228 e. The number of fused-ring (bicyclic) bond motifs is 6. The molecule has 8 aromatic carbocycles. The van der Waals surface area contributed by atoms with Gasteiger partial charge in [0, 0.05) is 22.1 Å². The van der Waals surface area contributed by atoms with Crippen molar-refractivity contribution in [3.63, 3.8) is 0 Å². The van der Waals surface area contributed by atoms with E-state index in [4.69, 9.17) is 9.97 Å². The van der Waals surface area contributed by atoms with Gasteiger partial charge in [-0.25, -0.2) is 9.97 Å². The van der Waals surface area contributed by atoms with Crippen molar-refractivity contribution in [2.45, 2.75) is 19.3 Å². The number of hydrogen-bond acceptors (Lipinski definition) is 2. The molecule has 0 radical (unpaired) electrons. The van der Waals surface area contributed by atoms with Crippen LogP contribution in [0.1, 0.15) is 25.0 Å². The Morgan fingerprint density at radius 3 is 1.72 bits per heavy atom. The fourth-order valence-electron chi connectivity index (χ4n) is 8.57. The second-order valence-corrected chi connectivity index (χ2v) is 14.5. The SMILES string of the molecule is CC1(C)c2cccc(-c3ccc(-c4nc(-c5ccccc5)cc(-c5cccc(-c6ccccc6)c5)n4)c4ccccc34)c2-c2ccc3ccccc3c21. The predicted molar refractivity (Wildman–Crippen MR) is 222 cm³/mol. The predicted octanol–water partition coefficient (Wildman–Crippen LogP) is 13.4. The molecule has 0 amide bonds. The lowest BCUT2D eigenvalue weighted by Gasteiger charge is -2.23. The second kappa shape index (κ2) is 12.3. The van der Waals surface area contributed by atoms with E-state index >= 15 is 0 Å². The Balaban J connectivity index is 1.17. The first-order valence-electron chi connectivity index (χ1n) is 18.3. The Morgan fingerprint density at radius 2 is 0.943 bits per heavy atom. The zero-order valence-corrected chi connectivity index (χ0v) is 29.7. The molecule has 0 fully saturated rings. The third kappa shape index (κ3) is 5.10. The molecule has 10 rings (SSSR count). The minimum atomic E-state index is -0.128. The topological polar surface area (TPSA) is 25.8 Å². The molecule has 0 saturated heterocycles. The maximum Gasteiger partial charge on any atom is 0.161 e. The van der Waals surface area contributed by atoms with Crippen LogP contribution in [0.4, 0.5) is 0 Å². The molecule has 0 bridgehead atoms. The van der Waals surface area contributed by atoms with Crippen molar-refractivity contribution in [3.05, 3.63) is 193 Å². The van der Waals surface area contributed by atoms with E-state index in [1.807, 2.05) is 6.07 Å². The summed E-state index contributed by atoms with van der Waals surface area (Å²) in [4.78, 5) is 10.6. The van der Waals surface area contributed by atoms with E-state index < -0.39 is 0 Å². The highest BCUT2D eigenvalue weighted by Gasteiger charge is 2.38. The first kappa shape index (κ1) is 31.1. The third-order valence-electron chi connectivity index (χ3n) is 11.1. The van der Waals surface area contributed by atoms with E-state index in [-0.39, 0.29) is 5.41 Å². The third-order valence-corrected chi connectivity index (χ3v) is 11.1. The maximum absolute atomic E-state index is 5.31. The van der Waals surface area contributed by atoms with Gasteiger partial charge in [-0.1, -0.05) is 178 Å². The highest BCUT2D eigenvalue weighted by atomic mass is 14.9. The van der Waals surface area contributed by atoms with Crippen LogP contribution < -0.4 is 0 Å². The van der Waals surface area contributed by atoms with Crippen LogP contribution in [-0.2, 0) is 5.41 Å². The molecule has 2 nitrogen and oxygen atoms in total. The Labute approximate surface area is 310 Å². The van der Waals surface area contributed by atoms with Crippen molar-refractivity contribution in [1.29, 1.82) is 0 Å². The van der Waals surface area contributed by atoms with Crippen molar-refractivity contribution in [3.8, 4) is 67.3 Å². The molecule has 0 saturated carbocycles. The lowest BCUT2D eigenvalue weighted by molar-refractivity contribution is 0.666. The van der Waals surface area contributed by atoms with E-state index in [2.05, 4.69) is 190 Å². The van der Waals surface area contributed by atoms with Crippen molar-refractivity contribution >= 4 is 21.5 Å². The van der Waals surface area contributed by atoms with Gasteiger partial charge in [0.15, 0.2) is 5.82 Å². The van der Waals surface area contributed by atoms with E-state index in [1.165, 1.54) is 55.1 Å². The fraction of sp³-hybridized carbons (Fsp3) is 0.0588. The number of benzene rings is 8. The van der Waals surface area contributed by atoms with Gasteiger partial charge in [-0.3, -0.25) is 0 Å². The molecule has 1 aromatic heterocycles. The van der Waals surface area contributed by atoms with Crippen LogP contribution >= 0.6 is 0 Å². The molecule has 250 valence electrons. The van der Waals surface area contributed by atoms with Gasteiger partial charge in [-0.15, -0.1) is 0 Å². The summed E-state index contributed by atoms with van der Waals surface area (Å²) >= 11 is 0. The maximum atomic E-state index is 5.31. The highest BCUT2D eigenvalue weighted by Crippen LogP contribution is 2.55. The Hall–Kier alpha value is -6.64. The summed E-state index contributed by atoms with van der Waals surface area (Å²) in [5, 5.41) is 4.94. The van der Waals surface area contributed by atoms with Gasteiger partial charge in [0.25, 0.3) is 0 Å². The molecule has 0 spiro atoms. The highest BCUT2D eigenvalue weighted by molar-refractivity contribution is 6.09. The lowest BCUT2D eigenvalue weighted by atomic mass is 9.80. The first-order valence-corrected chi connectivity index (χ1v) is 18.3. The first-order chi connectivity index (χ1) is 26.0. The van der Waals surface area contributed by atoms with Gasteiger partial charge in [-0.2, -0.15) is 0 Å². The molecule has 0 N–H and O–H groups in total. The smallest absolute Gasteiger partial charge is 0.161 e. The molecule has 53 heavy (non-hydrogen) atoms. The molecular weight excluding hydrogens is 641 g/mol. The molecule has 0 atom stereocenters. The van der Waals surface area contributed by atoms with Crippen LogP contribution in [0.25, 0.3) is 88.8 Å². The van der Waals surface area contributed by atoms with Crippen molar-refractivity contribution < 1.29 is 0 Å². The molecule has 1 heterocycles. The molecular formula is C51H36N2. The minimum absolute atomic E-state index is 0.128. The standard InChI is InChI=1S/C51H36N2/c1-51(2)45-26-14-25-42(48(45)44-28-27-34-17-9-10-22-38(34)49(44)51)41-29-30-43(40-24-12-11-23-39(40)41)50-52-46(35-18-7-4-8-19-35)32-47(53-50)37-21-13-20-36(31-37)33-15-5-3-6-16-33/h3-32H,1-2H3. The summed E-state index contributed by atoms with van der Waals surface area (Å²) in [7, 11) is 0. The van der Waals surface area contributed by atoms with Gasteiger partial charge in [0.1, 0.15) is 0 Å². The zero-order chi connectivity index (χ0) is 35.5. The quantitative estimate of drug-likeness (QED) is 0.181. The molecule has 9 aromatic rings. The molecule has 0 unspecified atom stereocenters. The second-order valence-electron chi connectivity index (χ2n) is 14.5. The number of rotatable bonds is 5. The summed E-state index contributed by atoms with van der Waals surface area (Å²) in [5.74, 6) is 0.713. The van der Waals surface area contributed by atoms with Crippen LogP contribution in [0.15, 0.2) is 182 Å². The van der Waals surface area contributed by atoms with Gasteiger partial charge in [0.05, 0.1) is 11.4 Å². The van der Waals surface area contributed by atoms with Gasteiger partial charge in [-0.05, 0) is 84.3 Å². The Bertz CT molecular complexity index is 2850. The summed E-state index contributed by atoms with van der Waals surface area (Å²) in [6.07, 6.45) is 0. The van der Waals surface area contributed by atoms with Crippen LogP contribution in [0.3, 0.4) is 0 Å². The normalized spacial score (nSPS) is 12.9. The molecule has 1 aliphatic carbocycles. The van der Waals surface area contributed by atoms with Crippen LogP contribution in [-0.4, -0.2) is 9.97 Å². The molecule has 0 aliphatic heterocycles. The van der Waals surface area contributed by atoms with E-state index in [1.54, 1.807) is 0 Å². The summed E-state index contributed by atoms with van der Waals surface area (Å²) in [5.41, 5.74) is 15.1. The summed E-state index contributed by atoms with van der Waals surface area (Å²) in [6, 6.07) is 65.2. The largest absolute Gasteiger partial charge is 0.228 e. The number of nitrogens with zero attached hydrogens (tertiary/aromatic N) is 2. The van der Waals surface area contributed by atoms with Gasteiger partial charge >= 0.3 is 0 Å². The molecule has 1 aliphatic rings. The van der Waals surface area contributed by atoms with Crippen molar-refractivity contribution in [2.75, 3.05) is 0 Å². The average molecular weight is 677 g/mol. The van der Waals surface area contributed by atoms with E-state index in [0.29, 0.717) is 5.82 Å². The van der Waals surface area contributed by atoms with E-state index in [0.717, 1.165) is 39.0 Å². The van der Waals surface area contributed by atoms with Gasteiger partial charge < -0.3 is 0 Å². The van der Waals surface area contributed by atoms with Crippen molar-refractivity contribution in [2.24, 2.45) is 0 Å². The lowest BCUT2D eigenvalue weighted by Crippen LogP contribution is -2.15. The number of aromatic nitrogens is 2.